The Balaban J connectivity index is 2.44. The second kappa shape index (κ2) is 5.76. The Bertz CT molecular complexity index is 299. The number of Topliss-reactive ketones (excluding diaryl/α,β-unsaturated/α-hetero) is 2. The number of rotatable bonds is 5. The fourth-order valence-corrected chi connectivity index (χ4v) is 2.30. The molecule has 0 amide bonds. The molecule has 2 atom stereocenters. The van der Waals surface area contributed by atoms with E-state index < -0.39 is 0 Å². The topological polar surface area (TPSA) is 46.2 Å². The number of ketones is 2. The Morgan fingerprint density at radius 2 is 2.18 bits per heavy atom. The number of hydrogen-bond acceptors (Lipinski definition) is 3. The van der Waals surface area contributed by atoms with Gasteiger partial charge in [-0.15, -0.1) is 0 Å². The van der Waals surface area contributed by atoms with Crippen LogP contribution in [0.1, 0.15) is 53.4 Å². The Hall–Kier alpha value is -0.700. The van der Waals surface area contributed by atoms with E-state index in [1.807, 2.05) is 13.8 Å². The Kier molecular flexibility index (Phi) is 4.87. The summed E-state index contributed by atoms with van der Waals surface area (Å²) in [7, 11) is 0. The summed E-state index contributed by atoms with van der Waals surface area (Å²) in [5, 5.41) is 3.34. The van der Waals surface area contributed by atoms with Gasteiger partial charge in [0.15, 0.2) is 0 Å². The lowest BCUT2D eigenvalue weighted by atomic mass is 9.75. The molecule has 1 fully saturated rings. The molecule has 1 saturated heterocycles. The summed E-state index contributed by atoms with van der Waals surface area (Å²) in [6.45, 7) is 8.82. The van der Waals surface area contributed by atoms with Crippen LogP contribution in [-0.2, 0) is 9.59 Å². The van der Waals surface area contributed by atoms with Crippen LogP contribution in [-0.4, -0.2) is 24.2 Å². The van der Waals surface area contributed by atoms with Crippen LogP contribution in [0.15, 0.2) is 0 Å². The minimum atomic E-state index is -0.334. The molecule has 1 rings (SSSR count). The lowest BCUT2D eigenvalue weighted by Crippen LogP contribution is -2.49. The summed E-state index contributed by atoms with van der Waals surface area (Å²) in [5.74, 6) is 1.00. The summed E-state index contributed by atoms with van der Waals surface area (Å²) in [4.78, 5) is 23.7. The minimum Gasteiger partial charge on any atom is -0.313 e. The molecule has 3 nitrogen and oxygen atoms in total. The lowest BCUT2D eigenvalue weighted by molar-refractivity contribution is -0.131. The molecule has 1 aliphatic heterocycles. The van der Waals surface area contributed by atoms with Crippen molar-refractivity contribution in [1.82, 2.24) is 5.32 Å². The van der Waals surface area contributed by atoms with E-state index in [1.165, 1.54) is 0 Å². The van der Waals surface area contributed by atoms with Crippen molar-refractivity contribution in [3.05, 3.63) is 0 Å². The molecule has 0 aromatic carbocycles. The molecule has 0 spiro atoms. The van der Waals surface area contributed by atoms with Crippen LogP contribution >= 0.6 is 0 Å². The molecular formula is C14H25NO2. The third-order valence-electron chi connectivity index (χ3n) is 3.60. The molecular weight excluding hydrogens is 214 g/mol. The van der Waals surface area contributed by atoms with Crippen LogP contribution < -0.4 is 5.32 Å². The maximum absolute atomic E-state index is 12.0. The second-order valence-electron chi connectivity index (χ2n) is 6.11. The van der Waals surface area contributed by atoms with Crippen LogP contribution in [0.4, 0.5) is 0 Å². The highest BCUT2D eigenvalue weighted by Crippen LogP contribution is 2.29. The van der Waals surface area contributed by atoms with E-state index in [1.54, 1.807) is 0 Å². The highest BCUT2D eigenvalue weighted by Gasteiger charge is 2.37. The summed E-state index contributed by atoms with van der Waals surface area (Å²) < 4.78 is 0. The van der Waals surface area contributed by atoms with Gasteiger partial charge in [-0.3, -0.25) is 9.59 Å². The van der Waals surface area contributed by atoms with Crippen LogP contribution in [0.5, 0.6) is 0 Å². The highest BCUT2D eigenvalue weighted by molar-refractivity contribution is 5.87. The smallest absolute Gasteiger partial charge is 0.141 e. The SMILES string of the molecule is CC(C)CC(=O)CCC1(C)CNC(C)CC1=O. The zero-order valence-electron chi connectivity index (χ0n) is 11.5. The third kappa shape index (κ3) is 4.23. The maximum Gasteiger partial charge on any atom is 0.141 e. The van der Waals surface area contributed by atoms with Gasteiger partial charge in [0.2, 0.25) is 0 Å². The zero-order valence-corrected chi connectivity index (χ0v) is 11.5. The quantitative estimate of drug-likeness (QED) is 0.801. The Labute approximate surface area is 104 Å². The van der Waals surface area contributed by atoms with Gasteiger partial charge in [0.25, 0.3) is 0 Å². The molecule has 1 heterocycles. The van der Waals surface area contributed by atoms with Crippen molar-refractivity contribution < 1.29 is 9.59 Å². The van der Waals surface area contributed by atoms with Crippen molar-refractivity contribution in [2.75, 3.05) is 6.54 Å². The second-order valence-corrected chi connectivity index (χ2v) is 6.11. The number of carbonyl (C=O) groups excluding carboxylic acids is 2. The predicted molar refractivity (Wildman–Crippen MR) is 68.9 cm³/mol. The molecule has 98 valence electrons. The van der Waals surface area contributed by atoms with Crippen molar-refractivity contribution >= 4 is 11.6 Å². The van der Waals surface area contributed by atoms with E-state index in [2.05, 4.69) is 19.2 Å². The molecule has 0 aromatic rings. The van der Waals surface area contributed by atoms with E-state index >= 15 is 0 Å². The van der Waals surface area contributed by atoms with Gasteiger partial charge >= 0.3 is 0 Å². The van der Waals surface area contributed by atoms with Crippen LogP contribution in [0.2, 0.25) is 0 Å². The molecule has 0 aliphatic carbocycles. The molecule has 17 heavy (non-hydrogen) atoms. The van der Waals surface area contributed by atoms with E-state index in [9.17, 15) is 9.59 Å². The third-order valence-corrected chi connectivity index (χ3v) is 3.60. The zero-order chi connectivity index (χ0) is 13.1. The first kappa shape index (κ1) is 14.4. The van der Waals surface area contributed by atoms with E-state index in [-0.39, 0.29) is 17.2 Å². The summed E-state index contributed by atoms with van der Waals surface area (Å²) in [5.41, 5.74) is -0.334. The van der Waals surface area contributed by atoms with Gasteiger partial charge in [-0.05, 0) is 19.3 Å². The molecule has 0 saturated carbocycles. The van der Waals surface area contributed by atoms with Crippen molar-refractivity contribution in [1.29, 1.82) is 0 Å². The molecule has 0 bridgehead atoms. The van der Waals surface area contributed by atoms with Crippen LogP contribution in [0.3, 0.4) is 0 Å². The minimum absolute atomic E-state index is 0.280. The number of hydrogen-bond donors (Lipinski definition) is 1. The first-order valence-corrected chi connectivity index (χ1v) is 6.62. The normalized spacial score (nSPS) is 29.7. The summed E-state index contributed by atoms with van der Waals surface area (Å²) in [6.07, 6.45) is 2.45. The molecule has 1 N–H and O–H groups in total. The summed E-state index contributed by atoms with van der Waals surface area (Å²) >= 11 is 0. The van der Waals surface area contributed by atoms with Gasteiger partial charge in [-0.2, -0.15) is 0 Å². The van der Waals surface area contributed by atoms with Gasteiger partial charge in [0.05, 0.1) is 0 Å². The van der Waals surface area contributed by atoms with Crippen molar-refractivity contribution in [2.45, 2.75) is 59.4 Å². The van der Waals surface area contributed by atoms with E-state index in [0.29, 0.717) is 43.9 Å². The highest BCUT2D eigenvalue weighted by atomic mass is 16.1. The fraction of sp³-hybridized carbons (Fsp3) is 0.857. The monoisotopic (exact) mass is 239 g/mol. The van der Waals surface area contributed by atoms with Crippen molar-refractivity contribution in [3.63, 3.8) is 0 Å². The largest absolute Gasteiger partial charge is 0.313 e. The first-order chi connectivity index (χ1) is 7.83. The van der Waals surface area contributed by atoms with Crippen LogP contribution in [0, 0.1) is 11.3 Å². The van der Waals surface area contributed by atoms with Crippen molar-refractivity contribution in [3.8, 4) is 0 Å². The molecule has 1 aliphatic rings. The molecule has 0 radical (unpaired) electrons. The van der Waals surface area contributed by atoms with E-state index in [4.69, 9.17) is 0 Å². The lowest BCUT2D eigenvalue weighted by Gasteiger charge is -2.35. The van der Waals surface area contributed by atoms with Crippen LogP contribution in [0.25, 0.3) is 0 Å². The fourth-order valence-electron chi connectivity index (χ4n) is 2.30. The number of carbonyl (C=O) groups is 2. The first-order valence-electron chi connectivity index (χ1n) is 6.62. The Morgan fingerprint density at radius 3 is 2.71 bits per heavy atom. The number of nitrogens with one attached hydrogen (secondary N) is 1. The maximum atomic E-state index is 12.0. The van der Waals surface area contributed by atoms with Gasteiger partial charge in [0.1, 0.15) is 11.6 Å². The Morgan fingerprint density at radius 1 is 1.53 bits per heavy atom. The predicted octanol–water partition coefficient (Wildman–Crippen LogP) is 2.34. The van der Waals surface area contributed by atoms with Gasteiger partial charge < -0.3 is 5.32 Å². The molecule has 2 unspecified atom stereocenters. The average molecular weight is 239 g/mol. The van der Waals surface area contributed by atoms with Gasteiger partial charge in [0, 0.05) is 37.3 Å². The van der Waals surface area contributed by atoms with Crippen molar-refractivity contribution in [2.24, 2.45) is 11.3 Å². The standard InChI is InChI=1S/C14H25NO2/c1-10(2)7-12(16)5-6-14(4)9-15-11(3)8-13(14)17/h10-11,15H,5-9H2,1-4H3. The number of piperidine rings is 1. The van der Waals surface area contributed by atoms with E-state index in [0.717, 1.165) is 0 Å². The van der Waals surface area contributed by atoms with Gasteiger partial charge in [-0.25, -0.2) is 0 Å². The average Bonchev–Trinajstić information content (AvgIpc) is 2.21. The summed E-state index contributed by atoms with van der Waals surface area (Å²) in [6, 6.07) is 0.280. The van der Waals surface area contributed by atoms with Gasteiger partial charge in [-0.1, -0.05) is 20.8 Å². The molecule has 3 heteroatoms. The molecule has 0 aromatic heterocycles.